The van der Waals surface area contributed by atoms with Crippen molar-refractivity contribution in [2.45, 2.75) is 12.5 Å². The van der Waals surface area contributed by atoms with Gasteiger partial charge in [-0.25, -0.2) is 0 Å². The van der Waals surface area contributed by atoms with Gasteiger partial charge in [0.15, 0.2) is 11.5 Å². The van der Waals surface area contributed by atoms with E-state index in [0.717, 1.165) is 10.5 Å². The number of nitrogens with zero attached hydrogens (tertiary/aromatic N) is 3. The fourth-order valence-electron chi connectivity index (χ4n) is 3.80. The van der Waals surface area contributed by atoms with E-state index in [9.17, 15) is 19.8 Å². The lowest BCUT2D eigenvalue weighted by Gasteiger charge is -2.26. The Bertz CT molecular complexity index is 1160. The summed E-state index contributed by atoms with van der Waals surface area (Å²) in [5.41, 5.74) is 0.231. The average Bonchev–Trinajstić information content (AvgIpc) is 3.38. The van der Waals surface area contributed by atoms with Crippen molar-refractivity contribution in [1.29, 1.82) is 0 Å². The Morgan fingerprint density at radius 3 is 2.47 bits per heavy atom. The molecule has 1 unspecified atom stereocenters. The van der Waals surface area contributed by atoms with Gasteiger partial charge >= 0.3 is 0 Å². The number of carbonyl (C=O) groups is 2. The Hall–Kier alpha value is -4.14. The molecular formula is C21H15N3O6. The van der Waals surface area contributed by atoms with Crippen LogP contribution in [0, 0.1) is 0 Å². The van der Waals surface area contributed by atoms with E-state index in [0.29, 0.717) is 5.76 Å². The number of aromatic nitrogens is 2. The van der Waals surface area contributed by atoms with Crippen molar-refractivity contribution >= 4 is 22.7 Å². The normalized spacial score (nSPS) is 16.3. The molecule has 9 nitrogen and oxygen atoms in total. The first-order chi connectivity index (χ1) is 14.6. The zero-order valence-electron chi connectivity index (χ0n) is 15.5. The molecular weight excluding hydrogens is 390 g/mol. The number of benzene rings is 2. The maximum Gasteiger partial charge on any atom is 0.266 e. The van der Waals surface area contributed by atoms with E-state index in [1.54, 1.807) is 0 Å². The molecule has 0 fully saturated rings. The van der Waals surface area contributed by atoms with Crippen LogP contribution in [-0.4, -0.2) is 50.0 Å². The van der Waals surface area contributed by atoms with Crippen LogP contribution in [-0.2, 0) is 15.9 Å². The van der Waals surface area contributed by atoms with Crippen molar-refractivity contribution in [2.75, 3.05) is 6.79 Å². The third-order valence-corrected chi connectivity index (χ3v) is 5.19. The molecule has 0 saturated carbocycles. The summed E-state index contributed by atoms with van der Waals surface area (Å²) < 4.78 is 10.6. The smallest absolute Gasteiger partial charge is 0.266 e. The predicted octanol–water partition coefficient (Wildman–Crippen LogP) is 2.09. The summed E-state index contributed by atoms with van der Waals surface area (Å²) in [6.07, 6.45) is 2.95. The monoisotopic (exact) mass is 405 g/mol. The predicted molar refractivity (Wildman–Crippen MR) is 102 cm³/mol. The third kappa shape index (κ3) is 2.55. The summed E-state index contributed by atoms with van der Waals surface area (Å²) in [5, 5.41) is 28.9. The Balaban J connectivity index is 1.65. The van der Waals surface area contributed by atoms with E-state index < -0.39 is 29.4 Å². The molecule has 2 amide bonds. The fraction of sp³-hybridized carbons (Fsp3) is 0.143. The maximum absolute atomic E-state index is 13.3. The maximum atomic E-state index is 13.3. The third-order valence-electron chi connectivity index (χ3n) is 5.19. The lowest BCUT2D eigenvalue weighted by atomic mass is 10.0. The number of phenolic OH excluding ortho intramolecular Hbond substituents is 2. The highest BCUT2D eigenvalue weighted by Gasteiger charge is 2.47. The minimum atomic E-state index is -0.824. The fourth-order valence-corrected chi connectivity index (χ4v) is 3.80. The molecule has 1 aromatic heterocycles. The Kier molecular flexibility index (Phi) is 4.02. The van der Waals surface area contributed by atoms with Gasteiger partial charge in [-0.05, 0) is 11.6 Å². The molecule has 1 atom stereocenters. The number of ether oxygens (including phenoxy) is 2. The number of imide groups is 1. The van der Waals surface area contributed by atoms with Crippen molar-refractivity contribution < 1.29 is 29.3 Å². The van der Waals surface area contributed by atoms with E-state index in [1.807, 2.05) is 30.3 Å². The van der Waals surface area contributed by atoms with Crippen molar-refractivity contribution in [2.24, 2.45) is 0 Å². The zero-order valence-corrected chi connectivity index (χ0v) is 15.5. The summed E-state index contributed by atoms with van der Waals surface area (Å²) in [6, 6.07) is 9.86. The summed E-state index contributed by atoms with van der Waals surface area (Å²) in [7, 11) is 0. The quantitative estimate of drug-likeness (QED) is 0.500. The van der Waals surface area contributed by atoms with E-state index in [1.165, 1.54) is 18.5 Å². The molecule has 2 aromatic carbocycles. The minimum Gasteiger partial charge on any atom is -0.506 e. The number of hydrogen-bond acceptors (Lipinski definition) is 8. The van der Waals surface area contributed by atoms with Gasteiger partial charge in [-0.15, -0.1) is 5.10 Å². The van der Waals surface area contributed by atoms with Gasteiger partial charge in [-0.1, -0.05) is 30.3 Å². The summed E-state index contributed by atoms with van der Waals surface area (Å²) in [6.45, 7) is -0.0280. The number of carbonyl (C=O) groups excluding carboxylic acids is 2. The summed E-state index contributed by atoms with van der Waals surface area (Å²) in [4.78, 5) is 27.5. The molecule has 2 N–H and O–H groups in total. The van der Waals surface area contributed by atoms with Crippen molar-refractivity contribution in [3.63, 3.8) is 0 Å². The number of fused-ring (bicyclic) bond motifs is 2. The van der Waals surface area contributed by atoms with Crippen LogP contribution in [0.1, 0.15) is 26.3 Å². The molecule has 3 aromatic rings. The lowest BCUT2D eigenvalue weighted by molar-refractivity contribution is 0.0450. The molecule has 30 heavy (non-hydrogen) atoms. The van der Waals surface area contributed by atoms with Gasteiger partial charge in [-0.2, -0.15) is 5.10 Å². The number of rotatable bonds is 4. The number of amides is 2. The topological polar surface area (TPSA) is 122 Å². The second kappa shape index (κ2) is 6.73. The first-order valence-electron chi connectivity index (χ1n) is 9.13. The van der Waals surface area contributed by atoms with E-state index in [2.05, 4.69) is 10.2 Å². The molecule has 0 spiro atoms. The average molecular weight is 405 g/mol. The highest BCUT2D eigenvalue weighted by molar-refractivity contribution is 6.27. The first kappa shape index (κ1) is 17.9. The molecule has 5 rings (SSSR count). The van der Waals surface area contributed by atoms with Crippen LogP contribution in [0.25, 0.3) is 10.9 Å². The van der Waals surface area contributed by atoms with Gasteiger partial charge in [-0.3, -0.25) is 14.5 Å². The van der Waals surface area contributed by atoms with Gasteiger partial charge in [0, 0.05) is 6.42 Å². The number of phenols is 2. The largest absolute Gasteiger partial charge is 0.506 e. The zero-order chi connectivity index (χ0) is 20.8. The van der Waals surface area contributed by atoms with E-state index >= 15 is 0 Å². The number of hydrogen-bond donors (Lipinski definition) is 2. The van der Waals surface area contributed by atoms with Gasteiger partial charge in [0.2, 0.25) is 6.79 Å². The minimum absolute atomic E-state index is 0.0280. The van der Waals surface area contributed by atoms with Crippen LogP contribution in [0.2, 0.25) is 0 Å². The molecule has 3 heterocycles. The second-order valence-electron chi connectivity index (χ2n) is 6.88. The standard InChI is InChI=1S/C21H15N3O6/c25-18-12-6-7-22-23-17(12)19(26)16-15(18)20(27)24(21(16)28)13(14-9-29-10-30-14)8-11-4-2-1-3-5-11/h1-7,9,13,25-26H,8,10H2. The van der Waals surface area contributed by atoms with Crippen LogP contribution in [0.5, 0.6) is 11.5 Å². The Labute approximate surface area is 169 Å². The van der Waals surface area contributed by atoms with Crippen LogP contribution in [0.4, 0.5) is 0 Å². The van der Waals surface area contributed by atoms with Gasteiger partial charge < -0.3 is 19.7 Å². The molecule has 0 saturated heterocycles. The van der Waals surface area contributed by atoms with Gasteiger partial charge in [0.25, 0.3) is 11.8 Å². The SMILES string of the molecule is O=C1c2c(c(O)c3nnccc3c2O)C(=O)N1C(Cc1ccccc1)C1=COCO1. The Morgan fingerprint density at radius 1 is 1.03 bits per heavy atom. The summed E-state index contributed by atoms with van der Waals surface area (Å²) in [5.74, 6) is -2.12. The molecule has 2 aliphatic heterocycles. The molecule has 2 aliphatic rings. The van der Waals surface area contributed by atoms with E-state index in [-0.39, 0.29) is 35.2 Å². The van der Waals surface area contributed by atoms with Crippen molar-refractivity contribution in [1.82, 2.24) is 15.1 Å². The highest BCUT2D eigenvalue weighted by Crippen LogP contribution is 2.44. The molecule has 9 heteroatoms. The highest BCUT2D eigenvalue weighted by atomic mass is 16.7. The summed E-state index contributed by atoms with van der Waals surface area (Å²) >= 11 is 0. The first-order valence-corrected chi connectivity index (χ1v) is 9.13. The van der Waals surface area contributed by atoms with Crippen molar-refractivity contribution in [3.05, 3.63) is 71.3 Å². The lowest BCUT2D eigenvalue weighted by Crippen LogP contribution is -2.42. The van der Waals surface area contributed by atoms with Crippen LogP contribution < -0.4 is 0 Å². The molecule has 0 aliphatic carbocycles. The van der Waals surface area contributed by atoms with Crippen LogP contribution in [0.15, 0.2) is 54.6 Å². The van der Waals surface area contributed by atoms with Crippen molar-refractivity contribution in [3.8, 4) is 11.5 Å². The van der Waals surface area contributed by atoms with Gasteiger partial charge in [0.05, 0.1) is 17.1 Å². The second-order valence-corrected chi connectivity index (χ2v) is 6.88. The Morgan fingerprint density at radius 2 is 1.77 bits per heavy atom. The molecule has 0 bridgehead atoms. The van der Waals surface area contributed by atoms with E-state index in [4.69, 9.17) is 9.47 Å². The van der Waals surface area contributed by atoms with Gasteiger partial charge in [0.1, 0.15) is 29.1 Å². The van der Waals surface area contributed by atoms with Crippen LogP contribution in [0.3, 0.4) is 0 Å². The van der Waals surface area contributed by atoms with Crippen LogP contribution >= 0.6 is 0 Å². The molecule has 0 radical (unpaired) electrons. The number of aromatic hydroxyl groups is 2. The molecule has 150 valence electrons.